The number of hydrogen-bond acceptors (Lipinski definition) is 7. The van der Waals surface area contributed by atoms with Crippen LogP contribution in [0.15, 0.2) is 109 Å². The van der Waals surface area contributed by atoms with Crippen LogP contribution in [0.4, 0.5) is 0 Å². The molecule has 0 radical (unpaired) electrons. The van der Waals surface area contributed by atoms with Crippen molar-refractivity contribution in [2.75, 3.05) is 47.5 Å². The number of carbonyl (C=O) groups is 3. The quantitative estimate of drug-likeness (QED) is 0.0211. The smallest absolute Gasteiger partial charge is 0.361 e. The van der Waals surface area contributed by atoms with Crippen LogP contribution in [0, 0.1) is 0 Å². The topological polar surface area (TPSA) is 108 Å². The van der Waals surface area contributed by atoms with Crippen LogP contribution in [0.25, 0.3) is 0 Å². The Bertz CT molecular complexity index is 1990. The average molecular weight is 1370 g/mol. The largest absolute Gasteiger partial charge is 0.477 e. The third kappa shape index (κ3) is 79.3. The van der Waals surface area contributed by atoms with Crippen molar-refractivity contribution < 1.29 is 42.9 Å². The summed E-state index contributed by atoms with van der Waals surface area (Å²) in [4.78, 5) is 37.8. The Balaban J connectivity index is 4.03. The fourth-order valence-corrected chi connectivity index (χ4v) is 12.0. The number of esters is 2. The molecule has 98 heavy (non-hydrogen) atoms. The fourth-order valence-electron chi connectivity index (χ4n) is 12.0. The van der Waals surface area contributed by atoms with Crippen LogP contribution in [0.5, 0.6) is 0 Å². The zero-order chi connectivity index (χ0) is 71.1. The highest BCUT2D eigenvalue weighted by Gasteiger charge is 2.25. The summed E-state index contributed by atoms with van der Waals surface area (Å²) >= 11 is 0. The van der Waals surface area contributed by atoms with Crippen molar-refractivity contribution in [3.05, 3.63) is 109 Å². The van der Waals surface area contributed by atoms with Crippen molar-refractivity contribution in [3.63, 3.8) is 0 Å². The predicted octanol–water partition coefficient (Wildman–Crippen LogP) is 26.9. The number of carboxylic acids is 1. The number of quaternary nitrogens is 1. The van der Waals surface area contributed by atoms with Gasteiger partial charge in [-0.2, -0.15) is 0 Å². The van der Waals surface area contributed by atoms with Gasteiger partial charge in [0.25, 0.3) is 6.29 Å². The maximum absolute atomic E-state index is 13.0. The van der Waals surface area contributed by atoms with Gasteiger partial charge < -0.3 is 28.5 Å². The lowest BCUT2D eigenvalue weighted by Crippen LogP contribution is -2.40. The van der Waals surface area contributed by atoms with Crippen LogP contribution < -0.4 is 0 Å². The molecule has 2 atom stereocenters. The Labute approximate surface area is 606 Å². The maximum Gasteiger partial charge on any atom is 0.361 e. The molecule has 0 rings (SSSR count). The number of rotatable bonds is 77. The zero-order valence-electron chi connectivity index (χ0n) is 64.9. The van der Waals surface area contributed by atoms with Gasteiger partial charge in [-0.05, 0) is 83.5 Å². The van der Waals surface area contributed by atoms with Crippen LogP contribution >= 0.6 is 0 Å². The van der Waals surface area contributed by atoms with E-state index in [0.717, 1.165) is 103 Å². The Hall–Kier alpha value is -4.05. The minimum Gasteiger partial charge on any atom is -0.477 e. The number of likely N-dealkylation sites (N-methyl/N-ethyl adjacent to an activating group) is 1. The minimum atomic E-state index is -1.52. The first-order valence-corrected chi connectivity index (χ1v) is 41.6. The first-order chi connectivity index (χ1) is 48.1. The van der Waals surface area contributed by atoms with Gasteiger partial charge in [0.15, 0.2) is 6.10 Å². The second kappa shape index (κ2) is 78.7. The van der Waals surface area contributed by atoms with Gasteiger partial charge in [-0.1, -0.05) is 393 Å². The van der Waals surface area contributed by atoms with Gasteiger partial charge in [0, 0.05) is 12.8 Å². The summed E-state index contributed by atoms with van der Waals surface area (Å²) in [6.07, 6.45) is 108. The molecule has 0 aromatic heterocycles. The van der Waals surface area contributed by atoms with Crippen LogP contribution in [-0.2, 0) is 33.3 Å². The van der Waals surface area contributed by atoms with Crippen LogP contribution in [0.2, 0.25) is 0 Å². The molecular weight excluding hydrogens is 1210 g/mol. The normalized spacial score (nSPS) is 13.2. The molecule has 0 amide bonds. The predicted molar refractivity (Wildman–Crippen MR) is 424 cm³/mol. The van der Waals surface area contributed by atoms with Crippen molar-refractivity contribution in [1.29, 1.82) is 0 Å². The second-order valence-corrected chi connectivity index (χ2v) is 29.1. The molecule has 0 aliphatic carbocycles. The number of nitrogens with zero attached hydrogens (tertiary/aromatic N) is 1. The van der Waals surface area contributed by atoms with Crippen molar-refractivity contribution in [3.8, 4) is 0 Å². The van der Waals surface area contributed by atoms with E-state index in [2.05, 4.69) is 123 Å². The van der Waals surface area contributed by atoms with Gasteiger partial charge in [-0.25, -0.2) is 4.79 Å². The van der Waals surface area contributed by atoms with Crippen molar-refractivity contribution in [1.82, 2.24) is 0 Å². The highest BCUT2D eigenvalue weighted by atomic mass is 16.7. The molecular formula is C89H158NO8+. The molecule has 0 spiro atoms. The zero-order valence-corrected chi connectivity index (χ0v) is 64.9. The number of unbranched alkanes of at least 4 members (excludes halogenated alkanes) is 44. The molecule has 0 fully saturated rings. The third-order valence-electron chi connectivity index (χ3n) is 18.3. The van der Waals surface area contributed by atoms with E-state index in [0.29, 0.717) is 23.9 Å². The van der Waals surface area contributed by atoms with E-state index in [4.69, 9.17) is 18.9 Å². The lowest BCUT2D eigenvalue weighted by Gasteiger charge is -2.25. The number of aliphatic carboxylic acids is 1. The maximum atomic E-state index is 13.0. The van der Waals surface area contributed by atoms with Gasteiger partial charge in [0.2, 0.25) is 0 Å². The Morgan fingerprint density at radius 2 is 0.582 bits per heavy atom. The highest BCUT2D eigenvalue weighted by molar-refractivity contribution is 5.71. The van der Waals surface area contributed by atoms with E-state index in [-0.39, 0.29) is 32.2 Å². The number of hydrogen-bond donors (Lipinski definition) is 1. The SMILES string of the molecule is CC/C=C\C/C=C\C/C=C\C/C=C\C/C=C\C/C=C\C/C=C\C/C=C\C/C=C\CCCCCCCCCCCC(=O)OC(COC(=O)CCCCCCCCCCCCCCCCCCCCCCCCCCCCCCCCCCCCCC)COC(OCC[N+](C)(C)C)C(=O)O. The molecule has 0 aromatic carbocycles. The lowest BCUT2D eigenvalue weighted by molar-refractivity contribution is -0.870. The number of ether oxygens (including phenoxy) is 4. The van der Waals surface area contributed by atoms with E-state index in [1.54, 1.807) is 0 Å². The summed E-state index contributed by atoms with van der Waals surface area (Å²) in [6, 6.07) is 0. The number of carboxylic acid groups (broad SMARTS) is 1. The van der Waals surface area contributed by atoms with E-state index >= 15 is 0 Å². The van der Waals surface area contributed by atoms with Crippen LogP contribution in [0.3, 0.4) is 0 Å². The minimum absolute atomic E-state index is 0.184. The van der Waals surface area contributed by atoms with Gasteiger partial charge in [0.1, 0.15) is 13.2 Å². The molecule has 1 N–H and O–H groups in total. The average Bonchev–Trinajstić information content (AvgIpc) is 1.26. The molecule has 0 saturated carbocycles. The summed E-state index contributed by atoms with van der Waals surface area (Å²) in [6.45, 7) is 4.80. The summed E-state index contributed by atoms with van der Waals surface area (Å²) in [5.41, 5.74) is 0. The number of allylic oxidation sites excluding steroid dienone is 18. The van der Waals surface area contributed by atoms with Gasteiger partial charge in [0.05, 0.1) is 34.4 Å². The Morgan fingerprint density at radius 1 is 0.316 bits per heavy atom. The molecule has 2 unspecified atom stereocenters. The van der Waals surface area contributed by atoms with Crippen LogP contribution in [-0.4, -0.2) is 87.4 Å². The molecule has 566 valence electrons. The lowest BCUT2D eigenvalue weighted by atomic mass is 10.0. The van der Waals surface area contributed by atoms with Gasteiger partial charge >= 0.3 is 17.9 Å². The number of carbonyl (C=O) groups excluding carboxylic acids is 2. The summed E-state index contributed by atoms with van der Waals surface area (Å²) < 4.78 is 23.1. The molecule has 0 bridgehead atoms. The highest BCUT2D eigenvalue weighted by Crippen LogP contribution is 2.19. The third-order valence-corrected chi connectivity index (χ3v) is 18.3. The molecule has 0 aromatic rings. The monoisotopic (exact) mass is 1370 g/mol. The molecule has 9 nitrogen and oxygen atoms in total. The van der Waals surface area contributed by atoms with E-state index in [1.165, 1.54) is 244 Å². The summed E-state index contributed by atoms with van der Waals surface area (Å²) in [5, 5.41) is 9.78. The molecule has 0 aliphatic heterocycles. The Morgan fingerprint density at radius 3 is 0.867 bits per heavy atom. The molecule has 0 heterocycles. The van der Waals surface area contributed by atoms with Crippen LogP contribution in [0.1, 0.15) is 380 Å². The first kappa shape index (κ1) is 93.9. The molecule has 0 saturated heterocycles. The standard InChI is InChI=1S/C89H157NO8/c1-6-8-10-12-14-16-18-20-22-24-26-28-30-32-34-36-38-40-42-44-46-48-50-52-54-56-58-60-62-64-66-68-70-72-74-76-78-80-87(92)98-85(84-97-89(88(93)94)95-82-81-90(3,4)5)83-96-86(91)79-77-75-73-71-69-67-65-63-61-59-57-55-53-51-49-47-45-43-41-39-37-35-33-31-29-27-25-23-21-19-17-15-13-11-9-7-2/h8,10,14,16,20,22,26,28,32,34,38,40,44,46,50,52,56,58,85,89H,6-7,9,11-13,15,17-19,21,23-25,27,29-31,33,35-37,39,41-43,45,47-49,51,53-55,57,59-84H2,1-5H3/p+1/b10-8-,16-14-,22-20-,28-26-,34-32-,40-38-,46-44-,52-50-,58-56-. The summed E-state index contributed by atoms with van der Waals surface area (Å²) in [5.74, 6) is -2.00. The van der Waals surface area contributed by atoms with E-state index in [1.807, 2.05) is 21.1 Å². The van der Waals surface area contributed by atoms with Crippen molar-refractivity contribution in [2.45, 2.75) is 392 Å². The second-order valence-electron chi connectivity index (χ2n) is 29.1. The van der Waals surface area contributed by atoms with E-state index in [9.17, 15) is 19.5 Å². The van der Waals surface area contributed by atoms with Crippen molar-refractivity contribution in [2.24, 2.45) is 0 Å². The molecule has 9 heteroatoms. The van der Waals surface area contributed by atoms with Gasteiger partial charge in [-0.3, -0.25) is 9.59 Å². The fraction of sp³-hybridized carbons (Fsp3) is 0.764. The Kier molecular flexibility index (Phi) is 75.4. The first-order valence-electron chi connectivity index (χ1n) is 41.6. The van der Waals surface area contributed by atoms with Crippen molar-refractivity contribution >= 4 is 17.9 Å². The summed E-state index contributed by atoms with van der Waals surface area (Å²) in [7, 11) is 5.99. The molecule has 0 aliphatic rings. The van der Waals surface area contributed by atoms with E-state index < -0.39 is 24.3 Å². The van der Waals surface area contributed by atoms with Gasteiger partial charge in [-0.15, -0.1) is 0 Å².